The maximum Gasteiger partial charge on any atom is 0.338 e. The molecule has 0 atom stereocenters. The molecule has 1 heterocycles. The van der Waals surface area contributed by atoms with Crippen molar-refractivity contribution in [3.05, 3.63) is 47.5 Å². The van der Waals surface area contributed by atoms with E-state index >= 15 is 0 Å². The highest BCUT2D eigenvalue weighted by molar-refractivity contribution is 6.00. The van der Waals surface area contributed by atoms with Gasteiger partial charge in [-0.1, -0.05) is 0 Å². The normalized spacial score (nSPS) is 12.6. The van der Waals surface area contributed by atoms with Crippen molar-refractivity contribution in [2.45, 2.75) is 13.3 Å². The van der Waals surface area contributed by atoms with E-state index in [4.69, 9.17) is 23.7 Å². The molecule has 0 fully saturated rings. The van der Waals surface area contributed by atoms with Gasteiger partial charge in [0.15, 0.2) is 35.4 Å². The molecule has 2 aromatic rings. The number of esters is 1. The Hall–Kier alpha value is -3.22. The molecule has 0 bridgehead atoms. The van der Waals surface area contributed by atoms with Crippen LogP contribution in [0.5, 0.6) is 23.0 Å². The van der Waals surface area contributed by atoms with Gasteiger partial charge in [-0.2, -0.15) is 0 Å². The zero-order valence-electron chi connectivity index (χ0n) is 15.9. The highest BCUT2D eigenvalue weighted by Gasteiger charge is 2.17. The molecule has 0 aliphatic carbocycles. The van der Waals surface area contributed by atoms with Gasteiger partial charge in [0.1, 0.15) is 0 Å². The first kappa shape index (κ1) is 19.5. The fourth-order valence-corrected chi connectivity index (χ4v) is 2.71. The third-order valence-electron chi connectivity index (χ3n) is 4.10. The van der Waals surface area contributed by atoms with Gasteiger partial charge >= 0.3 is 5.97 Å². The molecule has 2 aromatic carbocycles. The van der Waals surface area contributed by atoms with Crippen LogP contribution in [0.3, 0.4) is 0 Å². The second-order valence-electron chi connectivity index (χ2n) is 6.01. The Morgan fingerprint density at radius 2 is 1.71 bits per heavy atom. The van der Waals surface area contributed by atoms with Crippen LogP contribution < -0.4 is 18.9 Å². The maximum absolute atomic E-state index is 12.4. The molecule has 0 radical (unpaired) electrons. The summed E-state index contributed by atoms with van der Waals surface area (Å²) in [6.45, 7) is 2.98. The summed E-state index contributed by atoms with van der Waals surface area (Å²) in [4.78, 5) is 24.7. The van der Waals surface area contributed by atoms with Gasteiger partial charge in [0.25, 0.3) is 0 Å². The monoisotopic (exact) mass is 386 g/mol. The Kier molecular flexibility index (Phi) is 6.37. The van der Waals surface area contributed by atoms with Gasteiger partial charge in [-0.05, 0) is 43.3 Å². The van der Waals surface area contributed by atoms with Crippen LogP contribution in [0.2, 0.25) is 0 Å². The minimum atomic E-state index is -0.619. The highest BCUT2D eigenvalue weighted by Crippen LogP contribution is 2.31. The number of ether oxygens (including phenoxy) is 5. The number of hydrogen-bond acceptors (Lipinski definition) is 7. The van der Waals surface area contributed by atoms with E-state index in [1.165, 1.54) is 13.2 Å². The van der Waals surface area contributed by atoms with Gasteiger partial charge in [0.2, 0.25) is 0 Å². The van der Waals surface area contributed by atoms with Crippen molar-refractivity contribution in [3.63, 3.8) is 0 Å². The molecule has 0 aromatic heterocycles. The lowest BCUT2D eigenvalue weighted by Crippen LogP contribution is -2.14. The third-order valence-corrected chi connectivity index (χ3v) is 4.10. The standard InChI is InChI=1S/C21H22O7/c1-3-25-19-12-15(6-7-17(19)24-2)21(23)28-13-16(22)14-5-8-18-20(11-14)27-10-4-9-26-18/h5-8,11-12H,3-4,9-10,13H2,1-2H3. The van der Waals surface area contributed by atoms with E-state index in [0.29, 0.717) is 48.4 Å². The van der Waals surface area contributed by atoms with Crippen LogP contribution >= 0.6 is 0 Å². The summed E-state index contributed by atoms with van der Waals surface area (Å²) in [5, 5.41) is 0. The number of Topliss-reactive ketones (excluding diaryl/α,β-unsaturated/α-hetero) is 1. The molecular weight excluding hydrogens is 364 g/mol. The van der Waals surface area contributed by atoms with Crippen LogP contribution in [-0.4, -0.2) is 45.3 Å². The lowest BCUT2D eigenvalue weighted by atomic mass is 10.1. The Morgan fingerprint density at radius 3 is 2.46 bits per heavy atom. The maximum atomic E-state index is 12.4. The number of methoxy groups -OCH3 is 1. The first-order valence-corrected chi connectivity index (χ1v) is 9.03. The molecule has 0 N–H and O–H groups in total. The molecule has 0 spiro atoms. The molecule has 0 unspecified atom stereocenters. The van der Waals surface area contributed by atoms with Crippen LogP contribution in [0.25, 0.3) is 0 Å². The van der Waals surface area contributed by atoms with Crippen LogP contribution in [0.1, 0.15) is 34.1 Å². The molecule has 7 nitrogen and oxygen atoms in total. The Bertz CT molecular complexity index is 837. The topological polar surface area (TPSA) is 80.3 Å². The van der Waals surface area contributed by atoms with E-state index in [0.717, 1.165) is 6.42 Å². The van der Waals surface area contributed by atoms with Crippen molar-refractivity contribution in [1.82, 2.24) is 0 Å². The van der Waals surface area contributed by atoms with Gasteiger partial charge in [-0.25, -0.2) is 4.79 Å². The van der Waals surface area contributed by atoms with Crippen LogP contribution in [0.4, 0.5) is 0 Å². The van der Waals surface area contributed by atoms with Crippen molar-refractivity contribution >= 4 is 11.8 Å². The second-order valence-corrected chi connectivity index (χ2v) is 6.01. The minimum Gasteiger partial charge on any atom is -0.493 e. The number of fused-ring (bicyclic) bond motifs is 1. The Labute approximate surface area is 163 Å². The average Bonchev–Trinajstić information content (AvgIpc) is 2.96. The zero-order chi connectivity index (χ0) is 19.9. The summed E-state index contributed by atoms with van der Waals surface area (Å²) >= 11 is 0. The van der Waals surface area contributed by atoms with Crippen molar-refractivity contribution in [2.24, 2.45) is 0 Å². The summed E-state index contributed by atoms with van der Waals surface area (Å²) < 4.78 is 26.9. The molecule has 148 valence electrons. The Morgan fingerprint density at radius 1 is 0.964 bits per heavy atom. The molecule has 0 saturated heterocycles. The first-order valence-electron chi connectivity index (χ1n) is 9.03. The van der Waals surface area contributed by atoms with E-state index in [1.54, 1.807) is 30.3 Å². The van der Waals surface area contributed by atoms with Gasteiger partial charge in [-0.3, -0.25) is 4.79 Å². The number of ketones is 1. The Balaban J connectivity index is 1.65. The van der Waals surface area contributed by atoms with E-state index in [-0.39, 0.29) is 18.0 Å². The van der Waals surface area contributed by atoms with Crippen LogP contribution in [0.15, 0.2) is 36.4 Å². The van der Waals surface area contributed by atoms with Crippen molar-refractivity contribution < 1.29 is 33.3 Å². The first-order chi connectivity index (χ1) is 13.6. The molecule has 0 amide bonds. The average molecular weight is 386 g/mol. The number of carbonyl (C=O) groups is 2. The predicted octanol–water partition coefficient (Wildman–Crippen LogP) is 3.29. The van der Waals surface area contributed by atoms with Crippen molar-refractivity contribution in [2.75, 3.05) is 33.5 Å². The third kappa shape index (κ3) is 4.54. The number of hydrogen-bond donors (Lipinski definition) is 0. The number of benzene rings is 2. The fraction of sp³-hybridized carbons (Fsp3) is 0.333. The minimum absolute atomic E-state index is 0.274. The summed E-state index contributed by atoms with van der Waals surface area (Å²) in [7, 11) is 1.52. The largest absolute Gasteiger partial charge is 0.493 e. The van der Waals surface area contributed by atoms with Crippen molar-refractivity contribution in [1.29, 1.82) is 0 Å². The van der Waals surface area contributed by atoms with Crippen LogP contribution in [0, 0.1) is 0 Å². The van der Waals surface area contributed by atoms with E-state index < -0.39 is 5.97 Å². The summed E-state index contributed by atoms with van der Waals surface area (Å²) in [6, 6.07) is 9.63. The number of rotatable bonds is 7. The van der Waals surface area contributed by atoms with E-state index in [1.807, 2.05) is 6.92 Å². The van der Waals surface area contributed by atoms with Gasteiger partial charge in [-0.15, -0.1) is 0 Å². The quantitative estimate of drug-likeness (QED) is 0.533. The molecule has 0 saturated carbocycles. The van der Waals surface area contributed by atoms with E-state index in [9.17, 15) is 9.59 Å². The summed E-state index contributed by atoms with van der Waals surface area (Å²) in [5.41, 5.74) is 0.664. The highest BCUT2D eigenvalue weighted by atomic mass is 16.5. The smallest absolute Gasteiger partial charge is 0.338 e. The van der Waals surface area contributed by atoms with Crippen molar-refractivity contribution in [3.8, 4) is 23.0 Å². The molecule has 28 heavy (non-hydrogen) atoms. The molecule has 1 aliphatic heterocycles. The predicted molar refractivity (Wildman–Crippen MR) is 101 cm³/mol. The molecule has 1 aliphatic rings. The van der Waals surface area contributed by atoms with E-state index in [2.05, 4.69) is 0 Å². The molecule has 3 rings (SSSR count). The van der Waals surface area contributed by atoms with Gasteiger partial charge in [0, 0.05) is 12.0 Å². The summed E-state index contributed by atoms with van der Waals surface area (Å²) in [6.07, 6.45) is 0.779. The summed E-state index contributed by atoms with van der Waals surface area (Å²) in [5.74, 6) is 1.13. The molecular formula is C21H22O7. The SMILES string of the molecule is CCOc1cc(C(=O)OCC(=O)c2ccc3c(c2)OCCCO3)ccc1OC. The lowest BCUT2D eigenvalue weighted by Gasteiger charge is -2.11. The van der Waals surface area contributed by atoms with Gasteiger partial charge in [0.05, 0.1) is 32.5 Å². The number of carbonyl (C=O) groups excluding carboxylic acids is 2. The zero-order valence-corrected chi connectivity index (χ0v) is 15.9. The van der Waals surface area contributed by atoms with Crippen LogP contribution in [-0.2, 0) is 4.74 Å². The molecule has 7 heteroatoms. The lowest BCUT2D eigenvalue weighted by molar-refractivity contribution is 0.0474. The van der Waals surface area contributed by atoms with Gasteiger partial charge < -0.3 is 23.7 Å². The second kappa shape index (κ2) is 9.12. The fourth-order valence-electron chi connectivity index (χ4n) is 2.71.